The third-order valence-electron chi connectivity index (χ3n) is 5.54. The lowest BCUT2D eigenvalue weighted by atomic mass is 9.97. The van der Waals surface area contributed by atoms with Crippen LogP contribution in [0, 0.1) is 5.82 Å². The molecule has 1 heterocycles. The molecule has 2 fully saturated rings. The lowest BCUT2D eigenvalue weighted by Crippen LogP contribution is -2.42. The van der Waals surface area contributed by atoms with Crippen LogP contribution < -0.4 is 4.72 Å². The number of carbonyl (C=O) groups is 1. The van der Waals surface area contributed by atoms with Crippen LogP contribution in [0.1, 0.15) is 69.2 Å². The number of likely N-dealkylation sites (tertiary alicyclic amines) is 1. The van der Waals surface area contributed by atoms with Gasteiger partial charge in [-0.05, 0) is 57.7 Å². The number of rotatable bonds is 6. The van der Waals surface area contributed by atoms with Gasteiger partial charge >= 0.3 is 0 Å². The maximum Gasteiger partial charge on any atom is 0.256 e. The van der Waals surface area contributed by atoms with Crippen LogP contribution in [0.2, 0.25) is 0 Å². The summed E-state index contributed by atoms with van der Waals surface area (Å²) in [7, 11) is -3.80. The molecule has 2 aliphatic rings. The fraction of sp³-hybridized carbons (Fsp3) is 0.667. The molecule has 1 saturated carbocycles. The Hall–Kier alpha value is -1.51. The first kappa shape index (κ1) is 22.2. The fourth-order valence-electron chi connectivity index (χ4n) is 4.05. The largest absolute Gasteiger partial charge is 0.375 e. The fourth-order valence-corrected chi connectivity index (χ4v) is 5.33. The number of carbonyl (C=O) groups excluding carboxylic acids is 1. The van der Waals surface area contributed by atoms with E-state index >= 15 is 0 Å². The van der Waals surface area contributed by atoms with Crippen LogP contribution in [0.5, 0.6) is 0 Å². The lowest BCUT2D eigenvalue weighted by molar-refractivity contribution is -0.0527. The van der Waals surface area contributed by atoms with E-state index in [4.69, 9.17) is 4.74 Å². The predicted octanol–water partition coefficient (Wildman–Crippen LogP) is 3.47. The predicted molar refractivity (Wildman–Crippen MR) is 109 cm³/mol. The normalized spacial score (nSPS) is 19.7. The van der Waals surface area contributed by atoms with Gasteiger partial charge in [-0.2, -0.15) is 0 Å². The minimum absolute atomic E-state index is 0.105. The number of hydrogen-bond donors (Lipinski definition) is 1. The highest BCUT2D eigenvalue weighted by Gasteiger charge is 2.29. The van der Waals surface area contributed by atoms with Gasteiger partial charge in [-0.25, -0.2) is 17.5 Å². The molecule has 1 aliphatic carbocycles. The molecule has 0 unspecified atom stereocenters. The molecule has 0 radical (unpaired) electrons. The van der Waals surface area contributed by atoms with Crippen molar-refractivity contribution in [3.8, 4) is 0 Å². The quantitative estimate of drug-likeness (QED) is 0.756. The molecule has 8 heteroatoms. The van der Waals surface area contributed by atoms with Gasteiger partial charge in [0.25, 0.3) is 5.91 Å². The van der Waals surface area contributed by atoms with Crippen molar-refractivity contribution >= 4 is 15.9 Å². The number of benzene rings is 1. The van der Waals surface area contributed by atoms with Crippen LogP contribution in [0.25, 0.3) is 0 Å². The van der Waals surface area contributed by atoms with E-state index in [9.17, 15) is 17.6 Å². The molecule has 29 heavy (non-hydrogen) atoms. The Morgan fingerprint density at radius 3 is 2.34 bits per heavy atom. The highest BCUT2D eigenvalue weighted by Crippen LogP contribution is 2.26. The summed E-state index contributed by atoms with van der Waals surface area (Å²) in [6.07, 6.45) is 7.82. The summed E-state index contributed by atoms with van der Waals surface area (Å²) in [5.74, 6) is -1.18. The number of nitrogens with one attached hydrogen (secondary N) is 1. The van der Waals surface area contributed by atoms with Crippen LogP contribution in [-0.4, -0.2) is 50.6 Å². The maximum absolute atomic E-state index is 14.3. The van der Waals surface area contributed by atoms with Gasteiger partial charge in [0.2, 0.25) is 10.0 Å². The summed E-state index contributed by atoms with van der Waals surface area (Å²) < 4.78 is 47.7. The lowest BCUT2D eigenvalue weighted by Gasteiger charge is -2.35. The molecule has 1 amide bonds. The molecule has 0 atom stereocenters. The van der Waals surface area contributed by atoms with Gasteiger partial charge in [0.05, 0.1) is 22.7 Å². The summed E-state index contributed by atoms with van der Waals surface area (Å²) in [5.41, 5.74) is -0.205. The number of amides is 1. The topological polar surface area (TPSA) is 75.7 Å². The molecule has 0 bridgehead atoms. The molecule has 0 spiro atoms. The van der Waals surface area contributed by atoms with Crippen molar-refractivity contribution in [3.05, 3.63) is 29.6 Å². The molecular formula is C21H31FN2O4S. The summed E-state index contributed by atoms with van der Waals surface area (Å²) in [5, 5.41) is 0. The van der Waals surface area contributed by atoms with E-state index in [-0.39, 0.29) is 22.6 Å². The van der Waals surface area contributed by atoms with Crippen molar-refractivity contribution < 1.29 is 22.3 Å². The monoisotopic (exact) mass is 426 g/mol. The van der Waals surface area contributed by atoms with E-state index in [2.05, 4.69) is 4.72 Å². The van der Waals surface area contributed by atoms with Crippen LogP contribution in [0.3, 0.4) is 0 Å². The molecule has 3 rings (SSSR count). The Bertz CT molecular complexity index is 814. The SMILES string of the molecule is CC(C)NS(=O)(=O)c1ccc(F)c(C(=O)N2CCC(OC3CCCCC3)CC2)c1. The Balaban J connectivity index is 1.64. The third-order valence-corrected chi connectivity index (χ3v) is 7.19. The second kappa shape index (κ2) is 9.53. The zero-order valence-electron chi connectivity index (χ0n) is 17.2. The van der Waals surface area contributed by atoms with Gasteiger partial charge in [-0.1, -0.05) is 19.3 Å². The Labute approximate surface area is 172 Å². The van der Waals surface area contributed by atoms with Gasteiger partial charge in [0.15, 0.2) is 0 Å². The smallest absolute Gasteiger partial charge is 0.256 e. The minimum Gasteiger partial charge on any atom is -0.375 e. The van der Waals surface area contributed by atoms with Crippen molar-refractivity contribution in [1.82, 2.24) is 9.62 Å². The summed E-state index contributed by atoms with van der Waals surface area (Å²) in [6.45, 7) is 4.37. The first-order chi connectivity index (χ1) is 13.8. The first-order valence-electron chi connectivity index (χ1n) is 10.5. The average Bonchev–Trinajstić information content (AvgIpc) is 2.68. The van der Waals surface area contributed by atoms with Gasteiger partial charge in [-0.3, -0.25) is 4.79 Å². The Morgan fingerprint density at radius 1 is 1.10 bits per heavy atom. The summed E-state index contributed by atoms with van der Waals surface area (Å²) >= 11 is 0. The number of hydrogen-bond acceptors (Lipinski definition) is 4. The van der Waals surface area contributed by atoms with Gasteiger partial charge in [0, 0.05) is 19.1 Å². The van der Waals surface area contributed by atoms with Gasteiger partial charge < -0.3 is 9.64 Å². The second-order valence-corrected chi connectivity index (χ2v) is 10.0. The number of sulfonamides is 1. The van der Waals surface area contributed by atoms with Crippen LogP contribution in [0.15, 0.2) is 23.1 Å². The van der Waals surface area contributed by atoms with E-state index < -0.39 is 21.7 Å². The average molecular weight is 427 g/mol. The molecular weight excluding hydrogens is 395 g/mol. The molecule has 1 N–H and O–H groups in total. The highest BCUT2D eigenvalue weighted by atomic mass is 32.2. The van der Waals surface area contributed by atoms with Crippen LogP contribution in [0.4, 0.5) is 4.39 Å². The van der Waals surface area contributed by atoms with Gasteiger partial charge in [-0.15, -0.1) is 0 Å². The van der Waals surface area contributed by atoms with Gasteiger partial charge in [0.1, 0.15) is 5.82 Å². The standard InChI is InChI=1S/C21H31FN2O4S/c1-15(2)23-29(26,27)18-8-9-20(22)19(14-18)21(25)24-12-10-17(11-13-24)28-16-6-4-3-5-7-16/h8-9,14-17,23H,3-7,10-13H2,1-2H3. The molecule has 162 valence electrons. The number of piperidine rings is 1. The van der Waals surface area contributed by atoms with Crippen LogP contribution >= 0.6 is 0 Å². The Morgan fingerprint density at radius 2 is 1.72 bits per heavy atom. The van der Waals surface area contributed by atoms with E-state index in [1.54, 1.807) is 18.7 Å². The van der Waals surface area contributed by atoms with Crippen molar-refractivity contribution in [3.63, 3.8) is 0 Å². The minimum atomic E-state index is -3.80. The molecule has 1 aliphatic heterocycles. The van der Waals surface area contributed by atoms with Crippen molar-refractivity contribution in [1.29, 1.82) is 0 Å². The first-order valence-corrected chi connectivity index (χ1v) is 12.0. The van der Waals surface area contributed by atoms with E-state index in [0.29, 0.717) is 19.2 Å². The number of nitrogens with zero attached hydrogens (tertiary/aromatic N) is 1. The third kappa shape index (κ3) is 5.77. The maximum atomic E-state index is 14.3. The van der Waals surface area contributed by atoms with E-state index in [1.807, 2.05) is 0 Å². The summed E-state index contributed by atoms with van der Waals surface area (Å²) in [4.78, 5) is 14.3. The molecule has 1 aromatic rings. The van der Waals surface area contributed by atoms with E-state index in [0.717, 1.165) is 37.8 Å². The summed E-state index contributed by atoms with van der Waals surface area (Å²) in [6, 6.07) is 3.06. The second-order valence-electron chi connectivity index (χ2n) is 8.31. The molecule has 1 saturated heterocycles. The van der Waals surface area contributed by atoms with Crippen molar-refractivity contribution in [2.75, 3.05) is 13.1 Å². The molecule has 0 aromatic heterocycles. The highest BCUT2D eigenvalue weighted by molar-refractivity contribution is 7.89. The van der Waals surface area contributed by atoms with Crippen molar-refractivity contribution in [2.24, 2.45) is 0 Å². The zero-order valence-corrected chi connectivity index (χ0v) is 18.0. The molecule has 6 nitrogen and oxygen atoms in total. The number of ether oxygens (including phenoxy) is 1. The van der Waals surface area contributed by atoms with Crippen molar-refractivity contribution in [2.45, 2.75) is 81.9 Å². The van der Waals surface area contributed by atoms with Crippen LogP contribution in [-0.2, 0) is 14.8 Å². The zero-order chi connectivity index (χ0) is 21.0. The Kier molecular flexibility index (Phi) is 7.29. The number of halogens is 1. The molecule has 1 aromatic carbocycles. The van der Waals surface area contributed by atoms with E-state index in [1.165, 1.54) is 25.3 Å².